The zero-order chi connectivity index (χ0) is 11.6. The van der Waals surface area contributed by atoms with E-state index in [-0.39, 0.29) is 0 Å². The van der Waals surface area contributed by atoms with Gasteiger partial charge in [0.2, 0.25) is 0 Å². The smallest absolute Gasteiger partial charge is 0.138 e. The predicted octanol–water partition coefficient (Wildman–Crippen LogP) is 3.10. The summed E-state index contributed by atoms with van der Waals surface area (Å²) >= 11 is 6.10. The molecule has 0 unspecified atom stereocenters. The molecule has 0 aliphatic heterocycles. The van der Waals surface area contributed by atoms with Crippen LogP contribution in [-0.2, 0) is 0 Å². The van der Waals surface area contributed by atoms with Crippen molar-refractivity contribution in [2.45, 2.75) is 39.7 Å². The second-order valence-corrected chi connectivity index (χ2v) is 4.62. The molecule has 0 radical (unpaired) electrons. The Labute approximate surface area is 96.5 Å². The first kappa shape index (κ1) is 12.2. The van der Waals surface area contributed by atoms with Crippen LogP contribution in [0, 0.1) is 0 Å². The molecule has 1 rings (SSSR count). The van der Waals surface area contributed by atoms with Gasteiger partial charge in [-0.25, -0.2) is 9.97 Å². The van der Waals surface area contributed by atoms with Crippen molar-refractivity contribution in [1.82, 2.24) is 9.97 Å². The van der Waals surface area contributed by atoms with Gasteiger partial charge in [-0.2, -0.15) is 0 Å². The van der Waals surface area contributed by atoms with Crippen molar-refractivity contribution in [3.8, 4) is 0 Å². The Bertz CT molecular complexity index is 337. The third-order valence-corrected chi connectivity index (χ3v) is 2.80. The fourth-order valence-corrected chi connectivity index (χ4v) is 1.73. The molecule has 1 aromatic rings. The Balaban J connectivity index is 3.22. The first-order valence-electron chi connectivity index (χ1n) is 5.18. The van der Waals surface area contributed by atoms with E-state index in [0.29, 0.717) is 17.1 Å². The molecule has 0 amide bonds. The van der Waals surface area contributed by atoms with Crippen LogP contribution in [0.3, 0.4) is 0 Å². The molecule has 4 heteroatoms. The Morgan fingerprint density at radius 1 is 1.20 bits per heavy atom. The molecule has 0 spiro atoms. The summed E-state index contributed by atoms with van der Waals surface area (Å²) < 4.78 is 0. The second kappa shape index (κ2) is 4.79. The van der Waals surface area contributed by atoms with Crippen molar-refractivity contribution in [3.63, 3.8) is 0 Å². The van der Waals surface area contributed by atoms with Gasteiger partial charge in [0.1, 0.15) is 17.3 Å². The number of halogens is 1. The molecule has 1 heterocycles. The molecule has 0 aliphatic carbocycles. The van der Waals surface area contributed by atoms with Crippen LogP contribution in [0.25, 0.3) is 0 Å². The number of rotatable bonds is 3. The van der Waals surface area contributed by atoms with E-state index in [9.17, 15) is 0 Å². The van der Waals surface area contributed by atoms with Gasteiger partial charge in [0, 0.05) is 18.7 Å². The van der Waals surface area contributed by atoms with Crippen molar-refractivity contribution in [3.05, 3.63) is 17.0 Å². The lowest BCUT2D eigenvalue weighted by Gasteiger charge is -2.26. The molecule has 0 aliphatic rings. The third-order valence-electron chi connectivity index (χ3n) is 2.50. The molecular weight excluding hydrogens is 210 g/mol. The maximum atomic E-state index is 6.10. The highest BCUT2D eigenvalue weighted by molar-refractivity contribution is 6.30. The van der Waals surface area contributed by atoms with E-state index >= 15 is 0 Å². The minimum absolute atomic E-state index is 0.329. The molecule has 84 valence electrons. The number of hydrogen-bond donors (Lipinski definition) is 0. The summed E-state index contributed by atoms with van der Waals surface area (Å²) in [7, 11) is 2.02. The fraction of sp³-hybridized carbons (Fsp3) is 0.636. The summed E-state index contributed by atoms with van der Waals surface area (Å²) in [5.41, 5.74) is 1.02. The van der Waals surface area contributed by atoms with Crippen LogP contribution in [0.2, 0.25) is 5.15 Å². The van der Waals surface area contributed by atoms with Gasteiger partial charge in [-0.15, -0.1) is 0 Å². The van der Waals surface area contributed by atoms with E-state index in [2.05, 4.69) is 42.6 Å². The summed E-state index contributed by atoms with van der Waals surface area (Å²) in [6.07, 6.45) is 1.52. The van der Waals surface area contributed by atoms with E-state index < -0.39 is 0 Å². The summed E-state index contributed by atoms with van der Waals surface area (Å²) in [5.74, 6) is 1.26. The van der Waals surface area contributed by atoms with Crippen molar-refractivity contribution in [2.24, 2.45) is 0 Å². The molecule has 0 saturated heterocycles. The fourth-order valence-electron chi connectivity index (χ4n) is 1.39. The predicted molar refractivity (Wildman–Crippen MR) is 64.7 cm³/mol. The van der Waals surface area contributed by atoms with E-state index in [1.807, 2.05) is 7.05 Å². The normalized spacial score (nSPS) is 11.2. The molecule has 0 N–H and O–H groups in total. The highest BCUT2D eigenvalue weighted by Crippen LogP contribution is 2.30. The first-order valence-corrected chi connectivity index (χ1v) is 5.56. The third kappa shape index (κ3) is 2.59. The topological polar surface area (TPSA) is 29.0 Å². The van der Waals surface area contributed by atoms with Crippen LogP contribution >= 0.6 is 11.6 Å². The van der Waals surface area contributed by atoms with Crippen LogP contribution < -0.4 is 4.90 Å². The molecule has 1 aromatic heterocycles. The Hall–Kier alpha value is -0.830. The molecule has 0 saturated carbocycles. The quantitative estimate of drug-likeness (QED) is 0.744. The maximum absolute atomic E-state index is 6.10. The highest BCUT2D eigenvalue weighted by atomic mass is 35.5. The minimum atomic E-state index is 0.329. The van der Waals surface area contributed by atoms with Gasteiger partial charge < -0.3 is 4.90 Å². The van der Waals surface area contributed by atoms with Crippen molar-refractivity contribution in [2.75, 3.05) is 11.9 Å². The van der Waals surface area contributed by atoms with Crippen molar-refractivity contribution in [1.29, 1.82) is 0 Å². The SMILES string of the molecule is CC(C)c1c(Cl)ncnc1N(C)C(C)C. The molecule has 0 atom stereocenters. The largest absolute Gasteiger partial charge is 0.357 e. The van der Waals surface area contributed by atoms with Crippen molar-refractivity contribution < 1.29 is 0 Å². The van der Waals surface area contributed by atoms with Gasteiger partial charge in [-0.05, 0) is 19.8 Å². The standard InChI is InChI=1S/C11H18ClN3/c1-7(2)9-10(12)13-6-14-11(9)15(5)8(3)4/h6-8H,1-5H3. The van der Waals surface area contributed by atoms with Crippen molar-refractivity contribution >= 4 is 17.4 Å². The first-order chi connectivity index (χ1) is 6.95. The minimum Gasteiger partial charge on any atom is -0.357 e. The summed E-state index contributed by atoms with van der Waals surface area (Å²) in [6, 6.07) is 0.397. The zero-order valence-electron chi connectivity index (χ0n) is 9.95. The van der Waals surface area contributed by atoms with Crippen LogP contribution in [0.5, 0.6) is 0 Å². The molecule has 15 heavy (non-hydrogen) atoms. The molecule has 3 nitrogen and oxygen atoms in total. The van der Waals surface area contributed by atoms with E-state index in [4.69, 9.17) is 11.6 Å². The molecule has 0 bridgehead atoms. The highest BCUT2D eigenvalue weighted by Gasteiger charge is 2.17. The van der Waals surface area contributed by atoms with Gasteiger partial charge >= 0.3 is 0 Å². The average Bonchev–Trinajstić information content (AvgIpc) is 2.15. The van der Waals surface area contributed by atoms with E-state index in [1.165, 1.54) is 6.33 Å². The Morgan fingerprint density at radius 3 is 2.27 bits per heavy atom. The molecule has 0 aromatic carbocycles. The number of aromatic nitrogens is 2. The number of anilines is 1. The van der Waals surface area contributed by atoms with E-state index in [1.54, 1.807) is 0 Å². The lowest BCUT2D eigenvalue weighted by Crippen LogP contribution is -2.28. The van der Waals surface area contributed by atoms with Crippen LogP contribution in [-0.4, -0.2) is 23.1 Å². The van der Waals surface area contributed by atoms with E-state index in [0.717, 1.165) is 11.4 Å². The summed E-state index contributed by atoms with van der Waals surface area (Å²) in [5, 5.41) is 0.558. The lowest BCUT2D eigenvalue weighted by atomic mass is 10.1. The van der Waals surface area contributed by atoms with Gasteiger partial charge in [-0.1, -0.05) is 25.4 Å². The Kier molecular flexibility index (Phi) is 3.91. The van der Waals surface area contributed by atoms with Gasteiger partial charge in [0.05, 0.1) is 0 Å². The second-order valence-electron chi connectivity index (χ2n) is 4.26. The van der Waals surface area contributed by atoms with Crippen LogP contribution in [0.1, 0.15) is 39.2 Å². The van der Waals surface area contributed by atoms with Crippen LogP contribution in [0.15, 0.2) is 6.33 Å². The van der Waals surface area contributed by atoms with Gasteiger partial charge in [0.15, 0.2) is 0 Å². The van der Waals surface area contributed by atoms with Gasteiger partial charge in [-0.3, -0.25) is 0 Å². The molecule has 0 fully saturated rings. The monoisotopic (exact) mass is 227 g/mol. The Morgan fingerprint density at radius 2 is 1.80 bits per heavy atom. The average molecular weight is 228 g/mol. The number of nitrogens with zero attached hydrogens (tertiary/aromatic N) is 3. The lowest BCUT2D eigenvalue weighted by molar-refractivity contribution is 0.723. The summed E-state index contributed by atoms with van der Waals surface area (Å²) in [4.78, 5) is 10.5. The molecular formula is C11H18ClN3. The maximum Gasteiger partial charge on any atom is 0.138 e. The van der Waals surface area contributed by atoms with Gasteiger partial charge in [0.25, 0.3) is 0 Å². The number of hydrogen-bond acceptors (Lipinski definition) is 3. The zero-order valence-corrected chi connectivity index (χ0v) is 10.7. The summed E-state index contributed by atoms with van der Waals surface area (Å²) in [6.45, 7) is 8.45. The van der Waals surface area contributed by atoms with Crippen LogP contribution in [0.4, 0.5) is 5.82 Å².